The summed E-state index contributed by atoms with van der Waals surface area (Å²) in [6.45, 7) is 2.21. The van der Waals surface area contributed by atoms with E-state index >= 15 is 0 Å². The van der Waals surface area contributed by atoms with E-state index in [0.29, 0.717) is 46.2 Å². The zero-order valence-electron chi connectivity index (χ0n) is 25.2. The molecule has 0 amide bonds. The van der Waals surface area contributed by atoms with Crippen molar-refractivity contribution in [2.45, 2.75) is 13.5 Å². The Bertz CT molecular complexity index is 2110. The second-order valence-electron chi connectivity index (χ2n) is 10.4. The lowest BCUT2D eigenvalue weighted by Gasteiger charge is -2.12. The first kappa shape index (κ1) is 28.5. The van der Waals surface area contributed by atoms with Gasteiger partial charge in [-0.05, 0) is 73.7 Å². The molecule has 0 saturated heterocycles. The molecule has 0 saturated carbocycles. The lowest BCUT2D eigenvalue weighted by atomic mass is 10.1. The second-order valence-corrected chi connectivity index (χ2v) is 10.4. The molecule has 0 aliphatic carbocycles. The fourth-order valence-corrected chi connectivity index (χ4v) is 4.88. The Morgan fingerprint density at radius 2 is 1.43 bits per heavy atom. The van der Waals surface area contributed by atoms with Crippen LogP contribution >= 0.6 is 0 Å². The van der Waals surface area contributed by atoms with Gasteiger partial charge in [-0.15, -0.1) is 0 Å². The molecule has 0 atom stereocenters. The molecule has 0 aliphatic heterocycles. The normalized spacial score (nSPS) is 11.0. The maximum atomic E-state index is 5.87. The smallest absolute Gasteiger partial charge is 0.258 e. The van der Waals surface area contributed by atoms with Gasteiger partial charge in [0, 0.05) is 39.9 Å². The quantitative estimate of drug-likeness (QED) is 0.163. The van der Waals surface area contributed by atoms with E-state index in [1.165, 1.54) is 6.33 Å². The largest absolute Gasteiger partial charge is 0.493 e. The second kappa shape index (κ2) is 12.4. The number of aryl methyl sites for hydroxylation is 1. The highest BCUT2D eigenvalue weighted by atomic mass is 16.5. The Labute approximate surface area is 263 Å². The van der Waals surface area contributed by atoms with Crippen molar-refractivity contribution < 1.29 is 23.3 Å². The van der Waals surface area contributed by atoms with Gasteiger partial charge in [0.2, 0.25) is 5.82 Å². The molecule has 0 spiro atoms. The third-order valence-electron chi connectivity index (χ3n) is 7.37. The van der Waals surface area contributed by atoms with Gasteiger partial charge in [-0.25, -0.2) is 9.97 Å². The molecule has 1 N–H and O–H groups in total. The summed E-state index contributed by atoms with van der Waals surface area (Å²) < 4.78 is 27.8. The molecule has 11 nitrogen and oxygen atoms in total. The van der Waals surface area contributed by atoms with Gasteiger partial charge in [-0.1, -0.05) is 28.0 Å². The Kier molecular flexibility index (Phi) is 7.70. The van der Waals surface area contributed by atoms with Gasteiger partial charge in [-0.3, -0.25) is 0 Å². The van der Waals surface area contributed by atoms with Crippen LogP contribution in [0, 0.1) is 6.92 Å². The lowest BCUT2D eigenvalue weighted by molar-refractivity contribution is 0.287. The summed E-state index contributed by atoms with van der Waals surface area (Å²) in [6, 6.07) is 28.9. The predicted molar refractivity (Wildman–Crippen MR) is 172 cm³/mol. The van der Waals surface area contributed by atoms with Gasteiger partial charge in [0.05, 0.1) is 19.7 Å². The first-order valence-electron chi connectivity index (χ1n) is 14.4. The molecule has 0 radical (unpaired) electrons. The fraction of sp³-hybridized carbons (Fsp3) is 0.114. The standard InChI is InChI=1S/C35H28N6O5/c1-21-4-6-24(7-5-21)35-39-33(41-46-35)19-44-26-14-10-22(11-15-26)28-17-30(45-40-28)23-8-12-25(13-9-23)38-34-27-16-31(42-2)32(43-3)18-29(27)36-20-37-34/h4-18,20H,19H2,1-3H3,(H,36,37,38). The van der Waals surface area contributed by atoms with Crippen molar-refractivity contribution in [3.05, 3.63) is 109 Å². The van der Waals surface area contributed by atoms with Crippen molar-refractivity contribution in [3.8, 4) is 51.3 Å². The van der Waals surface area contributed by atoms with Crippen molar-refractivity contribution in [2.75, 3.05) is 19.5 Å². The summed E-state index contributed by atoms with van der Waals surface area (Å²) in [6.07, 6.45) is 1.51. The van der Waals surface area contributed by atoms with Crippen LogP contribution in [0.2, 0.25) is 0 Å². The summed E-state index contributed by atoms with van der Waals surface area (Å²) in [7, 11) is 3.19. The van der Waals surface area contributed by atoms with E-state index in [9.17, 15) is 0 Å². The molecule has 7 rings (SSSR count). The number of nitrogens with one attached hydrogen (secondary N) is 1. The first-order chi connectivity index (χ1) is 22.6. The van der Waals surface area contributed by atoms with Crippen LogP contribution in [0.3, 0.4) is 0 Å². The van der Waals surface area contributed by atoms with Gasteiger partial charge < -0.3 is 28.6 Å². The number of hydrogen-bond acceptors (Lipinski definition) is 11. The van der Waals surface area contributed by atoms with Crippen LogP contribution in [0.15, 0.2) is 106 Å². The number of hydrogen-bond donors (Lipinski definition) is 1. The fourth-order valence-electron chi connectivity index (χ4n) is 4.88. The molecule has 0 unspecified atom stereocenters. The number of aromatic nitrogens is 5. The van der Waals surface area contributed by atoms with Gasteiger partial charge in [0.1, 0.15) is 23.6 Å². The van der Waals surface area contributed by atoms with E-state index in [0.717, 1.165) is 38.8 Å². The molecule has 46 heavy (non-hydrogen) atoms. The monoisotopic (exact) mass is 612 g/mol. The SMILES string of the molecule is COc1cc2ncnc(Nc3ccc(-c4cc(-c5ccc(OCc6noc(-c7ccc(C)cc7)n6)cc5)no4)cc3)c2cc1OC. The number of rotatable bonds is 10. The summed E-state index contributed by atoms with van der Waals surface area (Å²) in [5.41, 5.74) is 6.10. The highest BCUT2D eigenvalue weighted by Crippen LogP contribution is 2.35. The number of benzene rings is 4. The van der Waals surface area contributed by atoms with E-state index in [1.807, 2.05) is 97.9 Å². The minimum Gasteiger partial charge on any atom is -0.493 e. The number of anilines is 2. The van der Waals surface area contributed by atoms with E-state index in [4.69, 9.17) is 23.3 Å². The highest BCUT2D eigenvalue weighted by Gasteiger charge is 2.13. The maximum absolute atomic E-state index is 5.87. The van der Waals surface area contributed by atoms with E-state index < -0.39 is 0 Å². The molecule has 0 fully saturated rings. The first-order valence-corrected chi connectivity index (χ1v) is 14.4. The minimum atomic E-state index is 0.185. The minimum absolute atomic E-state index is 0.185. The molecule has 0 aliphatic rings. The number of methoxy groups -OCH3 is 2. The van der Waals surface area contributed by atoms with E-state index in [1.54, 1.807) is 14.2 Å². The Morgan fingerprint density at radius 1 is 0.717 bits per heavy atom. The molecule has 0 bridgehead atoms. The molecule has 3 heterocycles. The average molecular weight is 613 g/mol. The van der Waals surface area contributed by atoms with Crippen LogP contribution in [0.4, 0.5) is 11.5 Å². The number of fused-ring (bicyclic) bond motifs is 1. The summed E-state index contributed by atoms with van der Waals surface area (Å²) in [5, 5.41) is 12.5. The van der Waals surface area contributed by atoms with Crippen LogP contribution in [0.1, 0.15) is 11.4 Å². The molecule has 228 valence electrons. The molecule has 7 aromatic rings. The Morgan fingerprint density at radius 3 is 2.20 bits per heavy atom. The number of ether oxygens (including phenoxy) is 3. The predicted octanol–water partition coefficient (Wildman–Crippen LogP) is 7.65. The molecule has 4 aromatic carbocycles. The summed E-state index contributed by atoms with van der Waals surface area (Å²) in [5.74, 6) is 4.10. The van der Waals surface area contributed by atoms with Crippen LogP contribution in [-0.2, 0) is 6.61 Å². The van der Waals surface area contributed by atoms with Crippen LogP contribution < -0.4 is 19.5 Å². The van der Waals surface area contributed by atoms with Gasteiger partial charge in [0.15, 0.2) is 23.9 Å². The van der Waals surface area contributed by atoms with Crippen LogP contribution in [0.5, 0.6) is 17.2 Å². The molecule has 11 heteroatoms. The number of nitrogens with zero attached hydrogens (tertiary/aromatic N) is 5. The summed E-state index contributed by atoms with van der Waals surface area (Å²) >= 11 is 0. The molecule has 3 aromatic heterocycles. The summed E-state index contributed by atoms with van der Waals surface area (Å²) in [4.78, 5) is 13.2. The third kappa shape index (κ3) is 5.93. The highest BCUT2D eigenvalue weighted by molar-refractivity contribution is 5.93. The van der Waals surface area contributed by atoms with Crippen molar-refractivity contribution in [3.63, 3.8) is 0 Å². The van der Waals surface area contributed by atoms with Gasteiger partial charge in [-0.2, -0.15) is 4.98 Å². The van der Waals surface area contributed by atoms with Crippen molar-refractivity contribution >= 4 is 22.4 Å². The Hall–Kier alpha value is -6.23. The van der Waals surface area contributed by atoms with Crippen LogP contribution in [-0.4, -0.2) is 39.5 Å². The zero-order chi connectivity index (χ0) is 31.5. The lowest BCUT2D eigenvalue weighted by Crippen LogP contribution is -1.98. The van der Waals surface area contributed by atoms with Crippen LogP contribution in [0.25, 0.3) is 44.9 Å². The Balaban J connectivity index is 0.994. The maximum Gasteiger partial charge on any atom is 0.258 e. The average Bonchev–Trinajstić information content (AvgIpc) is 3.79. The van der Waals surface area contributed by atoms with E-state index in [-0.39, 0.29) is 6.61 Å². The third-order valence-corrected chi connectivity index (χ3v) is 7.37. The van der Waals surface area contributed by atoms with E-state index in [2.05, 4.69) is 30.6 Å². The van der Waals surface area contributed by atoms with Gasteiger partial charge in [0.25, 0.3) is 5.89 Å². The van der Waals surface area contributed by atoms with Crippen molar-refractivity contribution in [1.29, 1.82) is 0 Å². The topological polar surface area (TPSA) is 130 Å². The zero-order valence-corrected chi connectivity index (χ0v) is 25.2. The van der Waals surface area contributed by atoms with Crippen molar-refractivity contribution in [2.24, 2.45) is 0 Å². The van der Waals surface area contributed by atoms with Crippen molar-refractivity contribution in [1.82, 2.24) is 25.3 Å². The molecular formula is C35H28N6O5. The molecular weight excluding hydrogens is 584 g/mol. The van der Waals surface area contributed by atoms with Gasteiger partial charge >= 0.3 is 0 Å².